The van der Waals surface area contributed by atoms with Crippen molar-refractivity contribution in [2.45, 2.75) is 26.3 Å². The van der Waals surface area contributed by atoms with Crippen LogP contribution in [-0.4, -0.2) is 40.7 Å². The number of ether oxygens (including phenoxy) is 1. The molecule has 1 aliphatic heterocycles. The third-order valence-electron chi connectivity index (χ3n) is 3.69. The molecule has 0 aromatic carbocycles. The lowest BCUT2D eigenvalue weighted by molar-refractivity contribution is -0.150. The molecule has 1 saturated heterocycles. The minimum atomic E-state index is -0.1000. The molecule has 1 aliphatic rings. The molecule has 0 saturated carbocycles. The zero-order valence-electron chi connectivity index (χ0n) is 12.5. The number of hydrogen-bond acceptors (Lipinski definition) is 7. The summed E-state index contributed by atoms with van der Waals surface area (Å²) in [5.41, 5.74) is 0. The molecule has 118 valence electrons. The Labute approximate surface area is 133 Å². The summed E-state index contributed by atoms with van der Waals surface area (Å²) in [5, 5.41) is 6.00. The highest BCUT2D eigenvalue weighted by Crippen LogP contribution is 2.23. The average molecular weight is 321 g/mol. The molecule has 0 unspecified atom stereocenters. The molecule has 3 heterocycles. The van der Waals surface area contributed by atoms with Gasteiger partial charge < -0.3 is 9.26 Å². The standard InChI is InChI=1S/C15H19N3O3S/c1-2-20-15(19)11-5-3-7-18(9-11)10-13-16-14(17-21-13)12-6-4-8-22-12/h4,6,8,11H,2-3,5,7,9-10H2,1H3/t11-/m0/s1. The van der Waals surface area contributed by atoms with Gasteiger partial charge in [-0.25, -0.2) is 0 Å². The van der Waals surface area contributed by atoms with Gasteiger partial charge in [0.15, 0.2) is 0 Å². The molecule has 1 fully saturated rings. The summed E-state index contributed by atoms with van der Waals surface area (Å²) in [4.78, 5) is 19.5. The minimum Gasteiger partial charge on any atom is -0.466 e. The van der Waals surface area contributed by atoms with Crippen LogP contribution in [0.1, 0.15) is 25.7 Å². The Morgan fingerprint density at radius 1 is 1.59 bits per heavy atom. The van der Waals surface area contributed by atoms with Crippen molar-refractivity contribution in [3.05, 3.63) is 23.4 Å². The Kier molecular flexibility index (Phi) is 4.84. The van der Waals surface area contributed by atoms with Crippen LogP contribution in [-0.2, 0) is 16.1 Å². The number of carbonyl (C=O) groups excluding carboxylic acids is 1. The van der Waals surface area contributed by atoms with E-state index >= 15 is 0 Å². The number of esters is 1. The maximum absolute atomic E-state index is 11.9. The highest BCUT2D eigenvalue weighted by Gasteiger charge is 2.27. The smallest absolute Gasteiger partial charge is 0.310 e. The SMILES string of the molecule is CCOC(=O)[C@H]1CCCN(Cc2nc(-c3cccs3)no2)C1. The lowest BCUT2D eigenvalue weighted by atomic mass is 9.98. The van der Waals surface area contributed by atoms with E-state index in [-0.39, 0.29) is 11.9 Å². The second-order valence-electron chi connectivity index (χ2n) is 5.32. The Balaban J connectivity index is 1.60. The number of aromatic nitrogens is 2. The van der Waals surface area contributed by atoms with Crippen LogP contribution in [0.4, 0.5) is 0 Å². The summed E-state index contributed by atoms with van der Waals surface area (Å²) < 4.78 is 10.4. The molecule has 7 heteroatoms. The van der Waals surface area contributed by atoms with Crippen molar-refractivity contribution in [3.8, 4) is 10.7 Å². The summed E-state index contributed by atoms with van der Waals surface area (Å²) in [5.74, 6) is 1.07. The lowest BCUT2D eigenvalue weighted by Crippen LogP contribution is -2.39. The fourth-order valence-electron chi connectivity index (χ4n) is 2.67. The number of rotatable bonds is 5. The van der Waals surface area contributed by atoms with E-state index in [1.54, 1.807) is 11.3 Å². The fraction of sp³-hybridized carbons (Fsp3) is 0.533. The van der Waals surface area contributed by atoms with Gasteiger partial charge in [0.05, 0.1) is 23.9 Å². The Morgan fingerprint density at radius 3 is 3.27 bits per heavy atom. The quantitative estimate of drug-likeness (QED) is 0.788. The van der Waals surface area contributed by atoms with Gasteiger partial charge in [-0.15, -0.1) is 11.3 Å². The summed E-state index contributed by atoms with van der Waals surface area (Å²) in [7, 11) is 0. The van der Waals surface area contributed by atoms with Gasteiger partial charge in [0.2, 0.25) is 11.7 Å². The van der Waals surface area contributed by atoms with Crippen molar-refractivity contribution in [2.75, 3.05) is 19.7 Å². The van der Waals surface area contributed by atoms with E-state index in [2.05, 4.69) is 15.0 Å². The first kappa shape index (κ1) is 15.2. The van der Waals surface area contributed by atoms with E-state index in [1.165, 1.54) is 0 Å². The van der Waals surface area contributed by atoms with Crippen LogP contribution in [0.15, 0.2) is 22.0 Å². The predicted molar refractivity (Wildman–Crippen MR) is 82.2 cm³/mol. The van der Waals surface area contributed by atoms with Crippen LogP contribution < -0.4 is 0 Å². The summed E-state index contributed by atoms with van der Waals surface area (Å²) >= 11 is 1.59. The van der Waals surface area contributed by atoms with E-state index in [1.807, 2.05) is 24.4 Å². The number of hydrogen-bond donors (Lipinski definition) is 0. The molecule has 2 aromatic heterocycles. The minimum absolute atomic E-state index is 0.0478. The first-order valence-corrected chi connectivity index (χ1v) is 8.39. The number of likely N-dealkylation sites (tertiary alicyclic amines) is 1. The molecule has 0 amide bonds. The van der Waals surface area contributed by atoms with Crippen molar-refractivity contribution in [1.82, 2.24) is 15.0 Å². The summed E-state index contributed by atoms with van der Waals surface area (Å²) in [6.45, 7) is 4.47. The molecule has 0 aliphatic carbocycles. The Hall–Kier alpha value is -1.73. The summed E-state index contributed by atoms with van der Waals surface area (Å²) in [6.07, 6.45) is 1.87. The van der Waals surface area contributed by atoms with Crippen molar-refractivity contribution in [2.24, 2.45) is 5.92 Å². The van der Waals surface area contributed by atoms with Crippen molar-refractivity contribution >= 4 is 17.3 Å². The van der Waals surface area contributed by atoms with E-state index in [4.69, 9.17) is 9.26 Å². The first-order valence-electron chi connectivity index (χ1n) is 7.51. The molecule has 2 aromatic rings. The molecule has 1 atom stereocenters. The molecular formula is C15H19N3O3S. The van der Waals surface area contributed by atoms with Gasteiger partial charge in [-0.1, -0.05) is 11.2 Å². The van der Waals surface area contributed by atoms with Gasteiger partial charge in [-0.05, 0) is 37.8 Å². The average Bonchev–Trinajstić information content (AvgIpc) is 3.18. The van der Waals surface area contributed by atoms with Crippen molar-refractivity contribution < 1.29 is 14.1 Å². The topological polar surface area (TPSA) is 68.5 Å². The molecular weight excluding hydrogens is 302 g/mol. The largest absolute Gasteiger partial charge is 0.466 e. The highest BCUT2D eigenvalue weighted by atomic mass is 32.1. The zero-order chi connectivity index (χ0) is 15.4. The van der Waals surface area contributed by atoms with Crippen LogP contribution in [0.5, 0.6) is 0 Å². The van der Waals surface area contributed by atoms with E-state index in [0.29, 0.717) is 31.4 Å². The van der Waals surface area contributed by atoms with E-state index in [9.17, 15) is 4.79 Å². The predicted octanol–water partition coefficient (Wildman–Crippen LogP) is 2.57. The first-order chi connectivity index (χ1) is 10.8. The number of carbonyl (C=O) groups is 1. The highest BCUT2D eigenvalue weighted by molar-refractivity contribution is 7.13. The van der Waals surface area contributed by atoms with E-state index < -0.39 is 0 Å². The third kappa shape index (κ3) is 3.53. The van der Waals surface area contributed by atoms with Crippen molar-refractivity contribution in [3.63, 3.8) is 0 Å². The van der Waals surface area contributed by atoms with Gasteiger partial charge >= 0.3 is 5.97 Å². The van der Waals surface area contributed by atoms with Gasteiger partial charge in [0, 0.05) is 6.54 Å². The second-order valence-corrected chi connectivity index (χ2v) is 6.26. The zero-order valence-corrected chi connectivity index (χ0v) is 13.3. The number of piperidine rings is 1. The van der Waals surface area contributed by atoms with Gasteiger partial charge in [0.25, 0.3) is 0 Å². The van der Waals surface area contributed by atoms with Crippen LogP contribution in [0.3, 0.4) is 0 Å². The Bertz CT molecular complexity index is 611. The molecule has 0 radical (unpaired) electrons. The molecule has 0 N–H and O–H groups in total. The molecule has 0 bridgehead atoms. The number of nitrogens with zero attached hydrogens (tertiary/aromatic N) is 3. The van der Waals surface area contributed by atoms with Crippen LogP contribution in [0.25, 0.3) is 10.7 Å². The van der Waals surface area contributed by atoms with Crippen LogP contribution >= 0.6 is 11.3 Å². The fourth-order valence-corrected chi connectivity index (χ4v) is 3.32. The van der Waals surface area contributed by atoms with Crippen molar-refractivity contribution in [1.29, 1.82) is 0 Å². The Morgan fingerprint density at radius 2 is 2.50 bits per heavy atom. The van der Waals surface area contributed by atoms with E-state index in [0.717, 1.165) is 24.3 Å². The van der Waals surface area contributed by atoms with Gasteiger partial charge in [-0.2, -0.15) is 4.98 Å². The van der Waals surface area contributed by atoms with Gasteiger partial charge in [-0.3, -0.25) is 9.69 Å². The maximum Gasteiger partial charge on any atom is 0.310 e. The molecule has 3 rings (SSSR count). The van der Waals surface area contributed by atoms with Gasteiger partial charge in [0.1, 0.15) is 0 Å². The van der Waals surface area contributed by atoms with Crippen LogP contribution in [0, 0.1) is 5.92 Å². The monoisotopic (exact) mass is 321 g/mol. The van der Waals surface area contributed by atoms with Crippen LogP contribution in [0.2, 0.25) is 0 Å². The molecule has 22 heavy (non-hydrogen) atoms. The second kappa shape index (κ2) is 7.02. The normalized spacial score (nSPS) is 19.2. The lowest BCUT2D eigenvalue weighted by Gasteiger charge is -2.30. The number of thiophene rings is 1. The summed E-state index contributed by atoms with van der Waals surface area (Å²) in [6, 6.07) is 3.93. The maximum atomic E-state index is 11.9. The third-order valence-corrected chi connectivity index (χ3v) is 4.56. The molecule has 0 spiro atoms. The molecule has 6 nitrogen and oxygen atoms in total.